The highest BCUT2D eigenvalue weighted by Crippen LogP contribution is 2.66. The van der Waals surface area contributed by atoms with Gasteiger partial charge in [0.2, 0.25) is 0 Å². The molecular formula is C28H36N2O3. The Kier molecular flexibility index (Phi) is 4.42. The van der Waals surface area contributed by atoms with E-state index in [-0.39, 0.29) is 35.4 Å². The normalized spacial score (nSPS) is 49.2. The third-order valence-electron chi connectivity index (χ3n) is 10.8. The molecule has 0 amide bonds. The molecule has 4 heterocycles. The average Bonchev–Trinajstić information content (AvgIpc) is 3.16. The first-order chi connectivity index (χ1) is 16.0. The van der Waals surface area contributed by atoms with Crippen LogP contribution in [-0.2, 0) is 0 Å². The van der Waals surface area contributed by atoms with Gasteiger partial charge in [-0.15, -0.1) is 0 Å². The van der Waals surface area contributed by atoms with Crippen LogP contribution >= 0.6 is 0 Å². The number of rotatable bonds is 4. The monoisotopic (exact) mass is 448 g/mol. The summed E-state index contributed by atoms with van der Waals surface area (Å²) in [5.41, 5.74) is 1.28. The van der Waals surface area contributed by atoms with E-state index in [9.17, 15) is 15.0 Å². The number of carbonyl (C=O) groups excluding carboxylic acids is 1. The molecule has 176 valence electrons. The van der Waals surface area contributed by atoms with Crippen LogP contribution in [0.1, 0.15) is 73.7 Å². The fourth-order valence-electron chi connectivity index (χ4n) is 9.32. The smallest absolute Gasteiger partial charge is 0.150 e. The maximum atomic E-state index is 11.9. The first-order valence-electron chi connectivity index (χ1n) is 13.2. The van der Waals surface area contributed by atoms with E-state index in [1.165, 1.54) is 24.8 Å². The standard InChI is InChI=1S/C28H36N2O3/c1-16(18-6-4-17(15-31)5-7-18)25-20-9-11-22-28(33,30(22)25)24(20)21-10-8-19-14-23(32)27(26(19)29-21)12-2-3-13-27/h4-7,9,11,15-16,19-26,29,32-33H,2-3,8,10,12-14H2,1H3. The predicted octanol–water partition coefficient (Wildman–Crippen LogP) is 3.22. The molecule has 33 heavy (non-hydrogen) atoms. The number of nitrogens with one attached hydrogen (secondary N) is 1. The molecule has 1 aromatic carbocycles. The lowest BCUT2D eigenvalue weighted by Crippen LogP contribution is -2.59. The number of fused-ring (bicyclic) bond motifs is 2. The molecule has 3 N–H and O–H groups in total. The highest BCUT2D eigenvalue weighted by molar-refractivity contribution is 5.74. The minimum Gasteiger partial charge on any atom is -0.392 e. The summed E-state index contributed by atoms with van der Waals surface area (Å²) in [6, 6.07) is 9.08. The summed E-state index contributed by atoms with van der Waals surface area (Å²) >= 11 is 0. The van der Waals surface area contributed by atoms with E-state index in [4.69, 9.17) is 0 Å². The molecule has 1 aromatic rings. The van der Waals surface area contributed by atoms with Crippen LogP contribution in [0.5, 0.6) is 0 Å². The third kappa shape index (κ3) is 2.60. The zero-order valence-electron chi connectivity index (χ0n) is 19.4. The van der Waals surface area contributed by atoms with Crippen LogP contribution in [0.4, 0.5) is 0 Å². The topological polar surface area (TPSA) is 72.6 Å². The zero-order valence-corrected chi connectivity index (χ0v) is 19.4. The maximum absolute atomic E-state index is 11.9. The lowest BCUT2D eigenvalue weighted by atomic mass is 9.67. The number of aliphatic hydroxyl groups is 2. The van der Waals surface area contributed by atoms with E-state index in [1.807, 2.05) is 12.1 Å². The van der Waals surface area contributed by atoms with Crippen LogP contribution in [-0.4, -0.2) is 57.4 Å². The van der Waals surface area contributed by atoms with Gasteiger partial charge in [0.05, 0.1) is 12.1 Å². The van der Waals surface area contributed by atoms with Crippen molar-refractivity contribution >= 4 is 6.29 Å². The molecule has 3 saturated heterocycles. The van der Waals surface area contributed by atoms with E-state index in [2.05, 4.69) is 41.4 Å². The van der Waals surface area contributed by atoms with Crippen molar-refractivity contribution < 1.29 is 15.0 Å². The summed E-state index contributed by atoms with van der Waals surface area (Å²) in [6.45, 7) is 2.27. The summed E-state index contributed by atoms with van der Waals surface area (Å²) in [6.07, 6.45) is 13.3. The summed E-state index contributed by atoms with van der Waals surface area (Å²) < 4.78 is 0. The molecular weight excluding hydrogens is 412 g/mol. The number of piperidine rings is 2. The molecule has 7 aliphatic rings. The first-order valence-corrected chi connectivity index (χ1v) is 13.2. The van der Waals surface area contributed by atoms with Gasteiger partial charge in [0, 0.05) is 40.9 Å². The van der Waals surface area contributed by atoms with Crippen molar-refractivity contribution in [1.82, 2.24) is 10.2 Å². The quantitative estimate of drug-likeness (QED) is 0.375. The van der Waals surface area contributed by atoms with Crippen molar-refractivity contribution in [3.8, 4) is 0 Å². The van der Waals surface area contributed by atoms with Gasteiger partial charge in [0.1, 0.15) is 12.0 Å². The SMILES string of the molecule is CC(c1ccc(C=O)cc1)C1C2C=CC3N1C3(O)C2C1CCC2CC(O)C3(CCCC3)C2N1. The Morgan fingerprint density at radius 2 is 1.91 bits per heavy atom. The fourth-order valence-corrected chi connectivity index (χ4v) is 9.32. The first kappa shape index (κ1) is 20.8. The molecule has 0 radical (unpaired) electrons. The number of aldehydes is 1. The van der Waals surface area contributed by atoms with Gasteiger partial charge in [0.15, 0.2) is 0 Å². The van der Waals surface area contributed by atoms with Crippen LogP contribution in [0.25, 0.3) is 0 Å². The summed E-state index contributed by atoms with van der Waals surface area (Å²) in [7, 11) is 0. The number of carbonyl (C=O) groups is 1. The van der Waals surface area contributed by atoms with E-state index < -0.39 is 5.72 Å². The van der Waals surface area contributed by atoms with Crippen molar-refractivity contribution in [2.45, 2.75) is 93.8 Å². The van der Waals surface area contributed by atoms with Crippen molar-refractivity contribution in [3.05, 3.63) is 47.5 Å². The fraction of sp³-hybridized carbons (Fsp3) is 0.679. The van der Waals surface area contributed by atoms with Crippen LogP contribution < -0.4 is 5.32 Å². The van der Waals surface area contributed by atoms with Crippen molar-refractivity contribution in [3.63, 3.8) is 0 Å². The number of hydrogen-bond donors (Lipinski definition) is 3. The number of nitrogens with zero attached hydrogens (tertiary/aromatic N) is 1. The lowest BCUT2D eigenvalue weighted by Gasteiger charge is -2.46. The molecule has 5 fully saturated rings. The second-order valence-corrected chi connectivity index (χ2v) is 12.0. The van der Waals surface area contributed by atoms with Gasteiger partial charge >= 0.3 is 0 Å². The van der Waals surface area contributed by atoms with E-state index in [0.717, 1.165) is 32.0 Å². The minimum atomic E-state index is -0.731. The molecule has 5 nitrogen and oxygen atoms in total. The average molecular weight is 449 g/mol. The van der Waals surface area contributed by atoms with Gasteiger partial charge in [0.25, 0.3) is 0 Å². The number of hydrogen-bond acceptors (Lipinski definition) is 5. The lowest BCUT2D eigenvalue weighted by molar-refractivity contribution is 0.000377. The Balaban J connectivity index is 1.17. The molecule has 2 saturated carbocycles. The Morgan fingerprint density at radius 3 is 2.64 bits per heavy atom. The van der Waals surface area contributed by atoms with Crippen LogP contribution in [0, 0.1) is 23.2 Å². The third-order valence-corrected chi connectivity index (χ3v) is 10.8. The molecule has 11 atom stereocenters. The summed E-state index contributed by atoms with van der Waals surface area (Å²) in [5, 5.41) is 27.0. The largest absolute Gasteiger partial charge is 0.392 e. The number of benzene rings is 1. The molecule has 5 heteroatoms. The van der Waals surface area contributed by atoms with Gasteiger partial charge in [-0.05, 0) is 49.5 Å². The molecule has 8 rings (SSSR count). The second kappa shape index (κ2) is 7.00. The van der Waals surface area contributed by atoms with E-state index >= 15 is 0 Å². The van der Waals surface area contributed by atoms with Gasteiger partial charge in [-0.1, -0.05) is 56.2 Å². The summed E-state index contributed by atoms with van der Waals surface area (Å²) in [4.78, 5) is 13.5. The maximum Gasteiger partial charge on any atom is 0.150 e. The highest BCUT2D eigenvalue weighted by Gasteiger charge is 2.78. The van der Waals surface area contributed by atoms with E-state index in [0.29, 0.717) is 29.5 Å². The molecule has 4 bridgehead atoms. The van der Waals surface area contributed by atoms with Gasteiger partial charge in [-0.2, -0.15) is 0 Å². The Bertz CT molecular complexity index is 985. The van der Waals surface area contributed by atoms with E-state index in [1.54, 1.807) is 0 Å². The van der Waals surface area contributed by atoms with Crippen molar-refractivity contribution in [2.75, 3.05) is 0 Å². The van der Waals surface area contributed by atoms with Crippen molar-refractivity contribution in [1.29, 1.82) is 0 Å². The van der Waals surface area contributed by atoms with Gasteiger partial charge in [-0.3, -0.25) is 9.69 Å². The second-order valence-electron chi connectivity index (χ2n) is 12.0. The minimum absolute atomic E-state index is 0.0652. The molecule has 1 spiro atoms. The number of aliphatic hydroxyl groups excluding tert-OH is 1. The summed E-state index contributed by atoms with van der Waals surface area (Å²) in [5.74, 6) is 1.39. The zero-order chi connectivity index (χ0) is 22.5. The van der Waals surface area contributed by atoms with Crippen LogP contribution in [0.2, 0.25) is 0 Å². The highest BCUT2D eigenvalue weighted by atomic mass is 16.3. The van der Waals surface area contributed by atoms with Gasteiger partial charge < -0.3 is 15.5 Å². The Hall–Kier alpha value is -1.53. The Morgan fingerprint density at radius 1 is 1.15 bits per heavy atom. The molecule has 0 aromatic heterocycles. The van der Waals surface area contributed by atoms with Crippen molar-refractivity contribution in [2.24, 2.45) is 23.2 Å². The Labute approximate surface area is 196 Å². The molecule has 11 unspecified atom stereocenters. The van der Waals surface area contributed by atoms with Crippen LogP contribution in [0.15, 0.2) is 36.4 Å². The predicted molar refractivity (Wildman–Crippen MR) is 126 cm³/mol. The van der Waals surface area contributed by atoms with Gasteiger partial charge in [-0.25, -0.2) is 0 Å². The molecule has 4 aliphatic heterocycles. The van der Waals surface area contributed by atoms with Crippen LogP contribution in [0.3, 0.4) is 0 Å². The molecule has 3 aliphatic carbocycles.